The molecule has 1 aliphatic rings. The summed E-state index contributed by atoms with van der Waals surface area (Å²) in [6.07, 6.45) is 3.61. The fourth-order valence-corrected chi connectivity index (χ4v) is 2.36. The van der Waals surface area contributed by atoms with Gasteiger partial charge in [-0.05, 0) is 65.5 Å². The minimum atomic E-state index is -0.0250. The smallest absolute Gasteiger partial charge is 0.251 e. The second-order valence-corrected chi connectivity index (χ2v) is 6.23. The summed E-state index contributed by atoms with van der Waals surface area (Å²) in [6.45, 7) is 2.97. The second-order valence-electron chi connectivity index (χ2n) is 4.67. The van der Waals surface area contributed by atoms with Crippen molar-refractivity contribution < 1.29 is 4.79 Å². The van der Waals surface area contributed by atoms with Crippen molar-refractivity contribution >= 4 is 40.1 Å². The van der Waals surface area contributed by atoms with Gasteiger partial charge in [-0.15, -0.1) is 0 Å². The van der Waals surface area contributed by atoms with Gasteiger partial charge in [-0.25, -0.2) is 0 Å². The van der Waals surface area contributed by atoms with Crippen LogP contribution in [-0.4, -0.2) is 12.5 Å². The van der Waals surface area contributed by atoms with E-state index in [1.807, 2.05) is 12.1 Å². The van der Waals surface area contributed by atoms with E-state index in [-0.39, 0.29) is 5.91 Å². The molecule has 1 saturated carbocycles. The molecule has 0 atom stereocenters. The normalized spacial score (nSPS) is 16.6. The van der Waals surface area contributed by atoms with E-state index in [9.17, 15) is 4.79 Å². The lowest BCUT2D eigenvalue weighted by Crippen LogP contribution is -2.29. The number of carbonyl (C=O) groups is 1. The van der Waals surface area contributed by atoms with Gasteiger partial charge in [-0.3, -0.25) is 4.79 Å². The molecule has 1 amide bonds. The molecule has 1 aliphatic carbocycles. The highest BCUT2D eigenvalue weighted by Crippen LogP contribution is 2.47. The molecule has 0 radical (unpaired) electrons. The van der Waals surface area contributed by atoms with Crippen molar-refractivity contribution in [1.82, 2.24) is 5.32 Å². The van der Waals surface area contributed by atoms with Crippen molar-refractivity contribution in [3.8, 4) is 0 Å². The summed E-state index contributed by atoms with van der Waals surface area (Å²) in [6, 6.07) is 5.41. The van der Waals surface area contributed by atoms with Gasteiger partial charge in [0.15, 0.2) is 0 Å². The van der Waals surface area contributed by atoms with Crippen LogP contribution in [0, 0.1) is 8.99 Å². The van der Waals surface area contributed by atoms with Crippen LogP contribution in [0.2, 0.25) is 5.02 Å². The van der Waals surface area contributed by atoms with Crippen molar-refractivity contribution in [2.75, 3.05) is 6.54 Å². The molecule has 0 aliphatic heterocycles. The van der Waals surface area contributed by atoms with Gasteiger partial charge in [0.1, 0.15) is 0 Å². The van der Waals surface area contributed by atoms with Gasteiger partial charge in [0.25, 0.3) is 5.91 Å². The van der Waals surface area contributed by atoms with Gasteiger partial charge in [-0.1, -0.05) is 18.5 Å². The third-order valence-electron chi connectivity index (χ3n) is 3.51. The van der Waals surface area contributed by atoms with Crippen molar-refractivity contribution in [3.05, 3.63) is 32.4 Å². The van der Waals surface area contributed by atoms with Crippen molar-refractivity contribution in [2.45, 2.75) is 26.2 Å². The average molecular weight is 364 g/mol. The topological polar surface area (TPSA) is 29.1 Å². The van der Waals surface area contributed by atoms with E-state index >= 15 is 0 Å². The Hall–Kier alpha value is -0.290. The first-order valence-electron chi connectivity index (χ1n) is 5.79. The molecule has 0 heterocycles. The Morgan fingerprint density at radius 3 is 2.76 bits per heavy atom. The van der Waals surface area contributed by atoms with E-state index in [0.29, 0.717) is 16.0 Å². The first kappa shape index (κ1) is 13.1. The van der Waals surface area contributed by atoms with E-state index in [0.717, 1.165) is 16.5 Å². The standard InChI is InChI=1S/C13H15ClINO/c1-2-13(5-6-13)8-16-12(17)9-3-4-11(15)10(14)7-9/h3-4,7H,2,5-6,8H2,1H3,(H,16,17). The molecule has 1 aromatic rings. The molecule has 2 nitrogen and oxygen atoms in total. The molecule has 4 heteroatoms. The quantitative estimate of drug-likeness (QED) is 0.809. The summed E-state index contributed by atoms with van der Waals surface area (Å²) in [5.41, 5.74) is 1.02. The van der Waals surface area contributed by atoms with Gasteiger partial charge >= 0.3 is 0 Å². The molecule has 92 valence electrons. The highest BCUT2D eigenvalue weighted by atomic mass is 127. The average Bonchev–Trinajstić information content (AvgIpc) is 3.10. The van der Waals surface area contributed by atoms with Crippen molar-refractivity contribution in [2.24, 2.45) is 5.41 Å². The minimum absolute atomic E-state index is 0.0250. The molecule has 17 heavy (non-hydrogen) atoms. The number of amides is 1. The minimum Gasteiger partial charge on any atom is -0.351 e. The highest BCUT2D eigenvalue weighted by Gasteiger charge is 2.40. The maximum Gasteiger partial charge on any atom is 0.251 e. The Balaban J connectivity index is 1.97. The van der Waals surface area contributed by atoms with Crippen LogP contribution in [0.5, 0.6) is 0 Å². The first-order chi connectivity index (χ1) is 8.06. The number of hydrogen-bond acceptors (Lipinski definition) is 1. The number of rotatable bonds is 4. The van der Waals surface area contributed by atoms with Crippen LogP contribution < -0.4 is 5.32 Å². The van der Waals surface area contributed by atoms with Crippen molar-refractivity contribution in [1.29, 1.82) is 0 Å². The van der Waals surface area contributed by atoms with Gasteiger partial charge in [-0.2, -0.15) is 0 Å². The third kappa shape index (κ3) is 3.13. The van der Waals surface area contributed by atoms with Crippen LogP contribution in [0.25, 0.3) is 0 Å². The monoisotopic (exact) mass is 363 g/mol. The molecule has 0 saturated heterocycles. The van der Waals surface area contributed by atoms with E-state index in [2.05, 4.69) is 34.8 Å². The predicted molar refractivity (Wildman–Crippen MR) is 78.5 cm³/mol. The molecule has 1 aromatic carbocycles. The summed E-state index contributed by atoms with van der Waals surface area (Å²) in [5, 5.41) is 3.63. The van der Waals surface area contributed by atoms with E-state index in [4.69, 9.17) is 11.6 Å². The summed E-state index contributed by atoms with van der Waals surface area (Å²) < 4.78 is 0.966. The zero-order valence-electron chi connectivity index (χ0n) is 9.72. The summed E-state index contributed by atoms with van der Waals surface area (Å²) >= 11 is 8.15. The molecule has 0 bridgehead atoms. The fraction of sp³-hybridized carbons (Fsp3) is 0.462. The van der Waals surface area contributed by atoms with E-state index in [1.165, 1.54) is 12.8 Å². The third-order valence-corrected chi connectivity index (χ3v) is 5.09. The second kappa shape index (κ2) is 5.14. The lowest BCUT2D eigenvalue weighted by atomic mass is 10.0. The van der Waals surface area contributed by atoms with Gasteiger partial charge in [0.05, 0.1) is 5.02 Å². The molecular formula is C13H15ClINO. The van der Waals surface area contributed by atoms with Crippen LogP contribution in [0.1, 0.15) is 36.5 Å². The largest absolute Gasteiger partial charge is 0.351 e. The van der Waals surface area contributed by atoms with Gasteiger partial charge in [0, 0.05) is 15.7 Å². The highest BCUT2D eigenvalue weighted by molar-refractivity contribution is 14.1. The van der Waals surface area contributed by atoms with Crippen molar-refractivity contribution in [3.63, 3.8) is 0 Å². The van der Waals surface area contributed by atoms with Crippen LogP contribution in [0.4, 0.5) is 0 Å². The molecule has 2 rings (SSSR count). The SMILES string of the molecule is CCC1(CNC(=O)c2ccc(I)c(Cl)c2)CC1. The fourth-order valence-electron chi connectivity index (χ4n) is 1.84. The van der Waals surface area contributed by atoms with Crippen LogP contribution in [0.15, 0.2) is 18.2 Å². The first-order valence-corrected chi connectivity index (χ1v) is 7.25. The zero-order chi connectivity index (χ0) is 12.5. The molecule has 0 unspecified atom stereocenters. The Labute approximate surface area is 120 Å². The number of carbonyl (C=O) groups excluding carboxylic acids is 1. The maximum absolute atomic E-state index is 11.9. The summed E-state index contributed by atoms with van der Waals surface area (Å²) in [4.78, 5) is 11.9. The number of halogens is 2. The van der Waals surface area contributed by atoms with Crippen LogP contribution in [0.3, 0.4) is 0 Å². The lowest BCUT2D eigenvalue weighted by Gasteiger charge is -2.13. The summed E-state index contributed by atoms with van der Waals surface area (Å²) in [5.74, 6) is -0.0250. The predicted octanol–water partition coefficient (Wildman–Crippen LogP) is 3.86. The Bertz CT molecular complexity index is 443. The van der Waals surface area contributed by atoms with E-state index < -0.39 is 0 Å². The Kier molecular flexibility index (Phi) is 3.98. The lowest BCUT2D eigenvalue weighted by molar-refractivity contribution is 0.0944. The van der Waals surface area contributed by atoms with Crippen LogP contribution in [-0.2, 0) is 0 Å². The Morgan fingerprint density at radius 1 is 1.53 bits per heavy atom. The van der Waals surface area contributed by atoms with E-state index in [1.54, 1.807) is 6.07 Å². The zero-order valence-corrected chi connectivity index (χ0v) is 12.6. The van der Waals surface area contributed by atoms with Crippen LogP contribution >= 0.6 is 34.2 Å². The molecule has 0 aromatic heterocycles. The van der Waals surface area contributed by atoms with Gasteiger partial charge in [0.2, 0.25) is 0 Å². The number of hydrogen-bond donors (Lipinski definition) is 1. The molecule has 1 N–H and O–H groups in total. The molecule has 0 spiro atoms. The molecular weight excluding hydrogens is 349 g/mol. The van der Waals surface area contributed by atoms with Gasteiger partial charge < -0.3 is 5.32 Å². The number of benzene rings is 1. The summed E-state index contributed by atoms with van der Waals surface area (Å²) in [7, 11) is 0. The molecule has 1 fully saturated rings. The maximum atomic E-state index is 11.9. The number of nitrogens with one attached hydrogen (secondary N) is 1. The Morgan fingerprint density at radius 2 is 2.24 bits per heavy atom.